The third-order valence-electron chi connectivity index (χ3n) is 4.08. The van der Waals surface area contributed by atoms with Crippen LogP contribution in [0, 0.1) is 0 Å². The highest BCUT2D eigenvalue weighted by Gasteiger charge is 2.13. The van der Waals surface area contributed by atoms with Gasteiger partial charge >= 0.3 is 0 Å². The molecule has 1 aliphatic heterocycles. The van der Waals surface area contributed by atoms with Crippen LogP contribution in [-0.2, 0) is 27.1 Å². The van der Waals surface area contributed by atoms with Crippen molar-refractivity contribution in [1.29, 1.82) is 0 Å². The van der Waals surface area contributed by atoms with Gasteiger partial charge in [0.15, 0.2) is 0 Å². The Labute approximate surface area is 153 Å². The molecule has 5 nitrogen and oxygen atoms in total. The molecule has 1 heterocycles. The van der Waals surface area contributed by atoms with Crippen LogP contribution in [0.15, 0.2) is 48.5 Å². The molecule has 0 radical (unpaired) electrons. The predicted octanol–water partition coefficient (Wildman–Crippen LogP) is 2.80. The lowest BCUT2D eigenvalue weighted by molar-refractivity contribution is 0.122. The first-order valence-corrected chi connectivity index (χ1v) is 10.2. The average Bonchev–Trinajstić information content (AvgIpc) is 2.63. The quantitative estimate of drug-likeness (QED) is 0.837. The lowest BCUT2D eigenvalue weighted by atomic mass is 10.2. The van der Waals surface area contributed by atoms with Crippen LogP contribution in [0.3, 0.4) is 0 Å². The van der Waals surface area contributed by atoms with Crippen molar-refractivity contribution in [2.45, 2.75) is 12.3 Å². The molecule has 0 saturated carbocycles. The Balaban J connectivity index is 1.55. The van der Waals surface area contributed by atoms with Crippen molar-refractivity contribution in [2.75, 3.05) is 31.2 Å². The largest absolute Gasteiger partial charge is 0.378 e. The molecule has 25 heavy (non-hydrogen) atoms. The van der Waals surface area contributed by atoms with Gasteiger partial charge in [-0.3, -0.25) is 0 Å². The number of rotatable bonds is 6. The van der Waals surface area contributed by atoms with Crippen LogP contribution in [0.4, 0.5) is 5.69 Å². The van der Waals surface area contributed by atoms with Crippen LogP contribution in [0.25, 0.3) is 0 Å². The summed E-state index contributed by atoms with van der Waals surface area (Å²) in [6.07, 6.45) is 0. The van der Waals surface area contributed by atoms with E-state index in [9.17, 15) is 8.42 Å². The van der Waals surface area contributed by atoms with Crippen LogP contribution in [0.1, 0.15) is 11.1 Å². The Bertz CT molecular complexity index is 786. The molecule has 134 valence electrons. The SMILES string of the molecule is O=S(=O)(Cc1ccc(Cl)cc1)NCc1ccc(N2CCOCC2)cc1. The number of anilines is 1. The number of morpholine rings is 1. The number of sulfonamides is 1. The van der Waals surface area contributed by atoms with E-state index >= 15 is 0 Å². The summed E-state index contributed by atoms with van der Waals surface area (Å²) in [6.45, 7) is 3.53. The van der Waals surface area contributed by atoms with Gasteiger partial charge in [0.05, 0.1) is 19.0 Å². The Morgan fingerprint density at radius 1 is 0.960 bits per heavy atom. The van der Waals surface area contributed by atoms with Gasteiger partial charge in [0, 0.05) is 30.3 Å². The first-order chi connectivity index (χ1) is 12.0. The van der Waals surface area contributed by atoms with Crippen molar-refractivity contribution in [3.63, 3.8) is 0 Å². The van der Waals surface area contributed by atoms with Gasteiger partial charge in [0.1, 0.15) is 0 Å². The summed E-state index contributed by atoms with van der Waals surface area (Å²) in [5, 5.41) is 0.592. The zero-order chi connectivity index (χ0) is 17.7. The second-order valence-corrected chi connectivity index (χ2v) is 8.22. The highest BCUT2D eigenvalue weighted by molar-refractivity contribution is 7.88. The standard InChI is InChI=1S/C18H21ClN2O3S/c19-17-5-1-16(2-6-17)14-25(22,23)20-13-15-3-7-18(8-4-15)21-9-11-24-12-10-21/h1-8,20H,9-14H2. The molecule has 0 unspecified atom stereocenters. The van der Waals surface area contributed by atoms with E-state index in [0.717, 1.165) is 37.6 Å². The fraction of sp³-hybridized carbons (Fsp3) is 0.333. The highest BCUT2D eigenvalue weighted by atomic mass is 35.5. The van der Waals surface area contributed by atoms with E-state index in [1.165, 1.54) is 0 Å². The second-order valence-electron chi connectivity index (χ2n) is 5.97. The molecule has 0 spiro atoms. The topological polar surface area (TPSA) is 58.6 Å². The van der Waals surface area contributed by atoms with Gasteiger partial charge in [-0.1, -0.05) is 35.9 Å². The van der Waals surface area contributed by atoms with Crippen LogP contribution in [0.2, 0.25) is 5.02 Å². The number of hydrogen-bond acceptors (Lipinski definition) is 4. The normalized spacial score (nSPS) is 15.3. The Morgan fingerprint density at radius 3 is 2.20 bits per heavy atom. The van der Waals surface area contributed by atoms with E-state index in [0.29, 0.717) is 10.6 Å². The third kappa shape index (κ3) is 5.44. The molecule has 0 bridgehead atoms. The molecular weight excluding hydrogens is 360 g/mol. The highest BCUT2D eigenvalue weighted by Crippen LogP contribution is 2.17. The van der Waals surface area contributed by atoms with Crippen LogP contribution < -0.4 is 9.62 Å². The molecule has 0 aliphatic carbocycles. The number of nitrogens with zero attached hydrogens (tertiary/aromatic N) is 1. The molecule has 1 fully saturated rings. The molecule has 0 atom stereocenters. The average molecular weight is 381 g/mol. The van der Waals surface area contributed by atoms with Gasteiger partial charge in [-0.05, 0) is 35.4 Å². The van der Waals surface area contributed by atoms with Gasteiger partial charge in [0.2, 0.25) is 10.0 Å². The first-order valence-electron chi connectivity index (χ1n) is 8.15. The molecular formula is C18H21ClN2O3S. The Hall–Kier alpha value is -1.60. The summed E-state index contributed by atoms with van der Waals surface area (Å²) in [4.78, 5) is 2.26. The van der Waals surface area contributed by atoms with Crippen molar-refractivity contribution < 1.29 is 13.2 Å². The minimum absolute atomic E-state index is 0.0595. The van der Waals surface area contributed by atoms with Crippen LogP contribution in [-0.4, -0.2) is 34.7 Å². The minimum Gasteiger partial charge on any atom is -0.378 e. The van der Waals surface area contributed by atoms with Crippen LogP contribution in [0.5, 0.6) is 0 Å². The molecule has 1 saturated heterocycles. The second kappa shape index (κ2) is 8.19. The molecule has 1 N–H and O–H groups in total. The zero-order valence-corrected chi connectivity index (χ0v) is 15.4. The number of halogens is 1. The minimum atomic E-state index is -3.40. The van der Waals surface area contributed by atoms with Gasteiger partial charge < -0.3 is 9.64 Å². The monoisotopic (exact) mass is 380 g/mol. The van der Waals surface area contributed by atoms with E-state index in [-0.39, 0.29) is 12.3 Å². The van der Waals surface area contributed by atoms with Gasteiger partial charge in [-0.25, -0.2) is 13.1 Å². The maximum absolute atomic E-state index is 12.2. The number of ether oxygens (including phenoxy) is 1. The van der Waals surface area contributed by atoms with Crippen molar-refractivity contribution >= 4 is 27.3 Å². The number of nitrogens with one attached hydrogen (secondary N) is 1. The third-order valence-corrected chi connectivity index (χ3v) is 5.63. The summed E-state index contributed by atoms with van der Waals surface area (Å²) in [6, 6.07) is 14.8. The molecule has 0 aromatic heterocycles. The fourth-order valence-electron chi connectivity index (χ4n) is 2.69. The van der Waals surface area contributed by atoms with E-state index < -0.39 is 10.0 Å². The molecule has 2 aromatic rings. The summed E-state index contributed by atoms with van der Waals surface area (Å²) < 4.78 is 32.4. The van der Waals surface area contributed by atoms with Crippen molar-refractivity contribution in [1.82, 2.24) is 4.72 Å². The van der Waals surface area contributed by atoms with Gasteiger partial charge in [-0.2, -0.15) is 0 Å². The van der Waals surface area contributed by atoms with E-state index in [1.807, 2.05) is 24.3 Å². The molecule has 1 aliphatic rings. The van der Waals surface area contributed by atoms with Gasteiger partial charge in [-0.15, -0.1) is 0 Å². The predicted molar refractivity (Wildman–Crippen MR) is 100 cm³/mol. The van der Waals surface area contributed by atoms with Crippen molar-refractivity contribution in [3.05, 3.63) is 64.7 Å². The molecule has 2 aromatic carbocycles. The van der Waals surface area contributed by atoms with E-state index in [4.69, 9.17) is 16.3 Å². The summed E-state index contributed by atoms with van der Waals surface area (Å²) in [5.41, 5.74) is 2.77. The smallest absolute Gasteiger partial charge is 0.216 e. The maximum atomic E-state index is 12.2. The van der Waals surface area contributed by atoms with Crippen molar-refractivity contribution in [3.8, 4) is 0 Å². The van der Waals surface area contributed by atoms with Crippen LogP contribution >= 0.6 is 11.6 Å². The molecule has 7 heteroatoms. The fourth-order valence-corrected chi connectivity index (χ4v) is 3.94. The first kappa shape index (κ1) is 18.2. The van der Waals surface area contributed by atoms with E-state index in [2.05, 4.69) is 9.62 Å². The lowest BCUT2D eigenvalue weighted by Crippen LogP contribution is -2.36. The molecule has 0 amide bonds. The number of benzene rings is 2. The molecule has 3 rings (SSSR count). The summed E-state index contributed by atoms with van der Waals surface area (Å²) >= 11 is 5.82. The Morgan fingerprint density at radius 2 is 1.56 bits per heavy atom. The van der Waals surface area contributed by atoms with E-state index in [1.54, 1.807) is 24.3 Å². The summed E-state index contributed by atoms with van der Waals surface area (Å²) in [7, 11) is -3.40. The number of hydrogen-bond donors (Lipinski definition) is 1. The van der Waals surface area contributed by atoms with Crippen molar-refractivity contribution in [2.24, 2.45) is 0 Å². The zero-order valence-electron chi connectivity index (χ0n) is 13.8. The van der Waals surface area contributed by atoms with Gasteiger partial charge in [0.25, 0.3) is 0 Å². The maximum Gasteiger partial charge on any atom is 0.216 e. The Kier molecular flexibility index (Phi) is 5.96. The lowest BCUT2D eigenvalue weighted by Gasteiger charge is -2.28. The summed E-state index contributed by atoms with van der Waals surface area (Å²) in [5.74, 6) is -0.0595.